The average molecular weight is 220 g/mol. The Morgan fingerprint density at radius 2 is 1.92 bits per heavy atom. The van der Waals surface area contributed by atoms with Gasteiger partial charge in [-0.25, -0.2) is 0 Å². The lowest BCUT2D eigenvalue weighted by Crippen LogP contribution is -2.22. The van der Waals surface area contributed by atoms with Gasteiger partial charge in [0.2, 0.25) is 0 Å². The second-order valence-electron chi connectivity index (χ2n) is 2.94. The summed E-state index contributed by atoms with van der Waals surface area (Å²) in [5.74, 6) is 0. The van der Waals surface area contributed by atoms with Crippen LogP contribution in [0, 0.1) is 0 Å². The van der Waals surface area contributed by atoms with Gasteiger partial charge in [-0.2, -0.15) is 0 Å². The highest BCUT2D eigenvalue weighted by molar-refractivity contribution is 6.42. The Kier molecular flexibility index (Phi) is 3.56. The number of nitrogens with two attached hydrogens (primary N) is 1. The van der Waals surface area contributed by atoms with Crippen molar-refractivity contribution in [3.8, 4) is 0 Å². The van der Waals surface area contributed by atoms with E-state index in [1.54, 1.807) is 25.1 Å². The molecule has 0 radical (unpaired) electrons. The van der Waals surface area contributed by atoms with E-state index in [-0.39, 0.29) is 0 Å². The molecule has 0 unspecified atom stereocenters. The number of aliphatic hydroxyl groups excluding tert-OH is 1. The maximum atomic E-state index is 9.23. The molecule has 0 heterocycles. The predicted octanol–water partition coefficient (Wildman–Crippen LogP) is 2.37. The highest BCUT2D eigenvalue weighted by Gasteiger charge is 2.12. The Bertz CT molecular complexity index is 302. The van der Waals surface area contributed by atoms with E-state index in [0.29, 0.717) is 10.0 Å². The molecule has 1 aromatic carbocycles. The maximum absolute atomic E-state index is 9.23. The number of benzene rings is 1. The SMILES string of the molecule is C[C@H](O)[C@@H](N)c1ccc(Cl)c(Cl)c1. The number of halogens is 2. The highest BCUT2D eigenvalue weighted by atomic mass is 35.5. The fraction of sp³-hybridized carbons (Fsp3) is 0.333. The van der Waals surface area contributed by atoms with Gasteiger partial charge in [-0.05, 0) is 24.6 Å². The van der Waals surface area contributed by atoms with Gasteiger partial charge >= 0.3 is 0 Å². The summed E-state index contributed by atoms with van der Waals surface area (Å²) in [5, 5.41) is 10.2. The second kappa shape index (κ2) is 4.29. The topological polar surface area (TPSA) is 46.2 Å². The summed E-state index contributed by atoms with van der Waals surface area (Å²) in [4.78, 5) is 0. The zero-order valence-electron chi connectivity index (χ0n) is 7.17. The summed E-state index contributed by atoms with van der Waals surface area (Å²) in [5.41, 5.74) is 6.49. The normalized spacial score (nSPS) is 15.5. The van der Waals surface area contributed by atoms with Crippen LogP contribution in [0.25, 0.3) is 0 Å². The van der Waals surface area contributed by atoms with Crippen molar-refractivity contribution < 1.29 is 5.11 Å². The maximum Gasteiger partial charge on any atom is 0.0704 e. The van der Waals surface area contributed by atoms with Crippen LogP contribution in [0.5, 0.6) is 0 Å². The summed E-state index contributed by atoms with van der Waals surface area (Å²) in [6.07, 6.45) is -0.600. The Morgan fingerprint density at radius 1 is 1.31 bits per heavy atom. The molecule has 0 aliphatic rings. The first-order valence-corrected chi connectivity index (χ1v) is 4.66. The summed E-state index contributed by atoms with van der Waals surface area (Å²) < 4.78 is 0. The van der Waals surface area contributed by atoms with E-state index in [4.69, 9.17) is 28.9 Å². The first-order chi connectivity index (χ1) is 6.02. The van der Waals surface area contributed by atoms with Gasteiger partial charge in [0.1, 0.15) is 0 Å². The van der Waals surface area contributed by atoms with Gasteiger partial charge in [0.05, 0.1) is 22.2 Å². The zero-order chi connectivity index (χ0) is 10.0. The molecule has 0 saturated carbocycles. The summed E-state index contributed by atoms with van der Waals surface area (Å²) in [6.45, 7) is 1.63. The van der Waals surface area contributed by atoms with Crippen LogP contribution < -0.4 is 5.73 Å². The zero-order valence-corrected chi connectivity index (χ0v) is 8.68. The molecule has 0 saturated heterocycles. The molecule has 0 spiro atoms. The standard InChI is InChI=1S/C9H11Cl2NO/c1-5(13)9(12)6-2-3-7(10)8(11)4-6/h2-5,9,13H,12H2,1H3/t5-,9+/m0/s1. The van der Waals surface area contributed by atoms with E-state index in [2.05, 4.69) is 0 Å². The Labute approximate surface area is 87.3 Å². The monoisotopic (exact) mass is 219 g/mol. The van der Waals surface area contributed by atoms with Crippen molar-refractivity contribution in [1.82, 2.24) is 0 Å². The van der Waals surface area contributed by atoms with Crippen molar-refractivity contribution in [2.45, 2.75) is 19.1 Å². The summed E-state index contributed by atoms with van der Waals surface area (Å²) >= 11 is 11.5. The summed E-state index contributed by atoms with van der Waals surface area (Å²) in [7, 11) is 0. The van der Waals surface area contributed by atoms with Gasteiger partial charge in [-0.15, -0.1) is 0 Å². The molecule has 1 aromatic rings. The van der Waals surface area contributed by atoms with Crippen molar-refractivity contribution in [2.75, 3.05) is 0 Å². The number of hydrogen-bond acceptors (Lipinski definition) is 2. The molecule has 4 heteroatoms. The molecular weight excluding hydrogens is 209 g/mol. The minimum atomic E-state index is -0.600. The fourth-order valence-corrected chi connectivity index (χ4v) is 1.30. The van der Waals surface area contributed by atoms with Crippen molar-refractivity contribution >= 4 is 23.2 Å². The van der Waals surface area contributed by atoms with Crippen molar-refractivity contribution in [2.24, 2.45) is 5.73 Å². The first kappa shape index (κ1) is 10.8. The molecule has 2 nitrogen and oxygen atoms in total. The van der Waals surface area contributed by atoms with Crippen LogP contribution in [0.2, 0.25) is 10.0 Å². The molecular formula is C9H11Cl2NO. The number of hydrogen-bond donors (Lipinski definition) is 2. The fourth-order valence-electron chi connectivity index (χ4n) is 0.998. The molecule has 0 bridgehead atoms. The molecule has 0 fully saturated rings. The third kappa shape index (κ3) is 2.58. The van der Waals surface area contributed by atoms with Crippen LogP contribution in [0.4, 0.5) is 0 Å². The van der Waals surface area contributed by atoms with E-state index < -0.39 is 12.1 Å². The third-order valence-electron chi connectivity index (χ3n) is 1.85. The predicted molar refractivity (Wildman–Crippen MR) is 55.1 cm³/mol. The lowest BCUT2D eigenvalue weighted by Gasteiger charge is -2.15. The first-order valence-electron chi connectivity index (χ1n) is 3.91. The van der Waals surface area contributed by atoms with Crippen LogP contribution in [-0.4, -0.2) is 11.2 Å². The van der Waals surface area contributed by atoms with Gasteiger partial charge in [0, 0.05) is 0 Å². The minimum absolute atomic E-state index is 0.422. The van der Waals surface area contributed by atoms with E-state index >= 15 is 0 Å². The molecule has 0 amide bonds. The van der Waals surface area contributed by atoms with Crippen LogP contribution in [0.3, 0.4) is 0 Å². The molecule has 0 aliphatic heterocycles. The van der Waals surface area contributed by atoms with E-state index in [0.717, 1.165) is 5.56 Å². The quantitative estimate of drug-likeness (QED) is 0.803. The van der Waals surface area contributed by atoms with Gasteiger partial charge in [0.25, 0.3) is 0 Å². The molecule has 3 N–H and O–H groups in total. The lowest BCUT2D eigenvalue weighted by atomic mass is 10.0. The number of aliphatic hydroxyl groups is 1. The average Bonchev–Trinajstić information content (AvgIpc) is 2.08. The molecule has 72 valence electrons. The smallest absolute Gasteiger partial charge is 0.0704 e. The van der Waals surface area contributed by atoms with Crippen LogP contribution in [-0.2, 0) is 0 Å². The Balaban J connectivity index is 2.97. The molecule has 0 aromatic heterocycles. The van der Waals surface area contributed by atoms with Gasteiger partial charge in [-0.3, -0.25) is 0 Å². The molecule has 13 heavy (non-hydrogen) atoms. The Morgan fingerprint density at radius 3 is 2.38 bits per heavy atom. The highest BCUT2D eigenvalue weighted by Crippen LogP contribution is 2.25. The van der Waals surface area contributed by atoms with Gasteiger partial charge in [-0.1, -0.05) is 29.3 Å². The molecule has 1 rings (SSSR count). The molecule has 2 atom stereocenters. The van der Waals surface area contributed by atoms with Crippen molar-refractivity contribution in [3.05, 3.63) is 33.8 Å². The Hall–Kier alpha value is -0.280. The van der Waals surface area contributed by atoms with E-state index in [1.807, 2.05) is 0 Å². The van der Waals surface area contributed by atoms with Gasteiger partial charge in [0.15, 0.2) is 0 Å². The van der Waals surface area contributed by atoms with E-state index in [1.165, 1.54) is 0 Å². The summed E-state index contributed by atoms with van der Waals surface area (Å²) in [6, 6.07) is 4.67. The third-order valence-corrected chi connectivity index (χ3v) is 2.59. The van der Waals surface area contributed by atoms with E-state index in [9.17, 15) is 5.11 Å². The largest absolute Gasteiger partial charge is 0.391 e. The van der Waals surface area contributed by atoms with Crippen LogP contribution >= 0.6 is 23.2 Å². The van der Waals surface area contributed by atoms with Gasteiger partial charge < -0.3 is 10.8 Å². The number of rotatable bonds is 2. The molecule has 0 aliphatic carbocycles. The minimum Gasteiger partial charge on any atom is -0.391 e. The van der Waals surface area contributed by atoms with Crippen LogP contribution in [0.15, 0.2) is 18.2 Å². The van der Waals surface area contributed by atoms with Crippen molar-refractivity contribution in [3.63, 3.8) is 0 Å². The second-order valence-corrected chi connectivity index (χ2v) is 3.75. The van der Waals surface area contributed by atoms with Crippen LogP contribution in [0.1, 0.15) is 18.5 Å². The van der Waals surface area contributed by atoms with Crippen molar-refractivity contribution in [1.29, 1.82) is 0 Å². The lowest BCUT2D eigenvalue weighted by molar-refractivity contribution is 0.164.